The molecule has 0 saturated heterocycles. The van der Waals surface area contributed by atoms with Gasteiger partial charge in [0.2, 0.25) is 0 Å². The van der Waals surface area contributed by atoms with Gasteiger partial charge in [0.15, 0.2) is 0 Å². The fraction of sp³-hybridized carbons (Fsp3) is 0.750. The zero-order valence-corrected chi connectivity index (χ0v) is 16.0. The Bertz CT molecular complexity index is 545. The summed E-state index contributed by atoms with van der Waals surface area (Å²) >= 11 is 0. The molecule has 2 rings (SSSR count). The molecule has 0 aliphatic carbocycles. The zero-order chi connectivity index (χ0) is 16.8. The fourth-order valence-corrected chi connectivity index (χ4v) is 4.07. The van der Waals surface area contributed by atoms with Crippen LogP contribution in [0.5, 0.6) is 0 Å². The number of hydrogen-bond donors (Lipinski definition) is 0. The molecule has 2 heteroatoms. The number of aryl methyl sites for hydroxylation is 1. The maximum absolute atomic E-state index is 5.03. The highest BCUT2D eigenvalue weighted by atomic mass is 15.2. The third-order valence-corrected chi connectivity index (χ3v) is 5.84. The number of nitrogens with zero attached hydrogens (tertiary/aromatic N) is 2. The molecule has 2 nitrogen and oxygen atoms in total. The highest BCUT2D eigenvalue weighted by Gasteiger charge is 2.35. The lowest BCUT2D eigenvalue weighted by molar-refractivity contribution is 0.186. The van der Waals surface area contributed by atoms with E-state index in [9.17, 15) is 0 Å². The number of hydrogen-bond acceptors (Lipinski definition) is 2. The van der Waals surface area contributed by atoms with E-state index in [1.165, 1.54) is 23.4 Å². The summed E-state index contributed by atoms with van der Waals surface area (Å²) in [7, 11) is 2.28. The van der Waals surface area contributed by atoms with Crippen LogP contribution in [0.1, 0.15) is 93.9 Å². The predicted octanol–water partition coefficient (Wildman–Crippen LogP) is 5.35. The Morgan fingerprint density at radius 1 is 1.05 bits per heavy atom. The van der Waals surface area contributed by atoms with Crippen LogP contribution in [0.2, 0.25) is 0 Å². The van der Waals surface area contributed by atoms with Crippen LogP contribution in [0.25, 0.3) is 0 Å². The lowest BCUT2D eigenvalue weighted by atomic mass is 9.78. The van der Waals surface area contributed by atoms with Crippen LogP contribution in [0.3, 0.4) is 0 Å². The lowest BCUT2D eigenvalue weighted by Crippen LogP contribution is -2.31. The molecule has 2 heterocycles. The monoisotopic (exact) mass is 302 g/mol. The summed E-state index contributed by atoms with van der Waals surface area (Å²) in [6.07, 6.45) is 1.23. The quantitative estimate of drug-likeness (QED) is 0.732. The molecular weight excluding hydrogens is 268 g/mol. The Hall–Kier alpha value is -0.890. The predicted molar refractivity (Wildman–Crippen MR) is 95.6 cm³/mol. The van der Waals surface area contributed by atoms with Crippen molar-refractivity contribution in [1.29, 1.82) is 0 Å². The Kier molecular flexibility index (Phi) is 5.01. The molecule has 0 amide bonds. The minimum atomic E-state index is 0.466. The number of fused-ring (bicyclic) bond motifs is 1. The number of pyridine rings is 1. The van der Waals surface area contributed by atoms with E-state index in [1.54, 1.807) is 11.1 Å². The molecule has 1 aromatic rings. The van der Waals surface area contributed by atoms with Gasteiger partial charge in [-0.2, -0.15) is 0 Å². The molecule has 124 valence electrons. The first-order valence-corrected chi connectivity index (χ1v) is 8.89. The first kappa shape index (κ1) is 17.5. The van der Waals surface area contributed by atoms with Gasteiger partial charge in [0.25, 0.3) is 0 Å². The summed E-state index contributed by atoms with van der Waals surface area (Å²) in [5.74, 6) is 1.75. The van der Waals surface area contributed by atoms with E-state index in [0.717, 1.165) is 0 Å². The van der Waals surface area contributed by atoms with Crippen molar-refractivity contribution >= 4 is 0 Å². The van der Waals surface area contributed by atoms with Gasteiger partial charge >= 0.3 is 0 Å². The molecular formula is C20H34N2. The average molecular weight is 303 g/mol. The second kappa shape index (κ2) is 6.31. The van der Waals surface area contributed by atoms with Gasteiger partial charge in [0.1, 0.15) is 0 Å². The molecule has 1 aromatic heterocycles. The Morgan fingerprint density at radius 3 is 2.14 bits per heavy atom. The van der Waals surface area contributed by atoms with E-state index in [4.69, 9.17) is 4.98 Å². The summed E-state index contributed by atoms with van der Waals surface area (Å²) in [4.78, 5) is 7.58. The second-order valence-corrected chi connectivity index (χ2v) is 7.97. The van der Waals surface area contributed by atoms with E-state index < -0.39 is 0 Å². The average Bonchev–Trinajstić information content (AvgIpc) is 2.53. The van der Waals surface area contributed by atoms with Crippen LogP contribution in [0.4, 0.5) is 0 Å². The van der Waals surface area contributed by atoms with Gasteiger partial charge in [-0.25, -0.2) is 0 Å². The maximum atomic E-state index is 5.03. The SMILES string of the molecule is Cc1nc(C(C)C)c2c(c1C)[C@H](C)N(C)[C@H](C)CC2C(C)C. The molecule has 3 atom stereocenters. The maximum Gasteiger partial charge on any atom is 0.0470 e. The van der Waals surface area contributed by atoms with Gasteiger partial charge < -0.3 is 0 Å². The number of rotatable bonds is 2. The Balaban J connectivity index is 2.81. The van der Waals surface area contributed by atoms with Crippen molar-refractivity contribution in [3.8, 4) is 0 Å². The Labute approximate surface area is 137 Å². The van der Waals surface area contributed by atoms with Gasteiger partial charge in [-0.3, -0.25) is 9.88 Å². The highest BCUT2D eigenvalue weighted by molar-refractivity contribution is 5.46. The van der Waals surface area contributed by atoms with Crippen molar-refractivity contribution in [3.05, 3.63) is 28.1 Å². The van der Waals surface area contributed by atoms with Crippen LogP contribution in [0, 0.1) is 19.8 Å². The molecule has 0 N–H and O–H groups in total. The van der Waals surface area contributed by atoms with Crippen LogP contribution in [0.15, 0.2) is 0 Å². The molecule has 0 spiro atoms. The molecule has 0 fully saturated rings. The van der Waals surface area contributed by atoms with Gasteiger partial charge in [-0.1, -0.05) is 27.7 Å². The van der Waals surface area contributed by atoms with Crippen molar-refractivity contribution in [2.24, 2.45) is 5.92 Å². The molecule has 1 aliphatic rings. The highest BCUT2D eigenvalue weighted by Crippen LogP contribution is 2.44. The minimum Gasteiger partial charge on any atom is -0.297 e. The first-order chi connectivity index (χ1) is 10.2. The standard InChI is InChI=1S/C20H34N2/c1-11(2)17-10-13(5)22(9)16(8)18-14(6)15(7)21-20(12(3)4)19(17)18/h11-13,16-17H,10H2,1-9H3/t13-,16+,17?/m1/s1. The van der Waals surface area contributed by atoms with E-state index >= 15 is 0 Å². The summed E-state index contributed by atoms with van der Waals surface area (Å²) in [5.41, 5.74) is 7.07. The summed E-state index contributed by atoms with van der Waals surface area (Å²) < 4.78 is 0. The van der Waals surface area contributed by atoms with Crippen LogP contribution in [-0.4, -0.2) is 23.0 Å². The molecule has 1 unspecified atom stereocenters. The molecule has 0 bridgehead atoms. The van der Waals surface area contributed by atoms with Crippen LogP contribution >= 0.6 is 0 Å². The zero-order valence-electron chi connectivity index (χ0n) is 16.0. The van der Waals surface area contributed by atoms with Gasteiger partial charge in [-0.05, 0) is 75.6 Å². The normalized spacial score (nSPS) is 26.4. The summed E-state index contributed by atoms with van der Waals surface area (Å²) in [5, 5.41) is 0. The smallest absolute Gasteiger partial charge is 0.0470 e. The van der Waals surface area contributed by atoms with E-state index in [2.05, 4.69) is 67.3 Å². The van der Waals surface area contributed by atoms with E-state index in [-0.39, 0.29) is 0 Å². The van der Waals surface area contributed by atoms with E-state index in [0.29, 0.717) is 29.8 Å². The largest absolute Gasteiger partial charge is 0.297 e. The van der Waals surface area contributed by atoms with Crippen molar-refractivity contribution in [3.63, 3.8) is 0 Å². The Morgan fingerprint density at radius 2 is 1.64 bits per heavy atom. The number of aromatic nitrogens is 1. The first-order valence-electron chi connectivity index (χ1n) is 8.89. The van der Waals surface area contributed by atoms with Crippen molar-refractivity contribution in [1.82, 2.24) is 9.88 Å². The minimum absolute atomic E-state index is 0.466. The molecule has 22 heavy (non-hydrogen) atoms. The van der Waals surface area contributed by atoms with Crippen molar-refractivity contribution in [2.45, 2.75) is 85.7 Å². The molecule has 0 aromatic carbocycles. The van der Waals surface area contributed by atoms with Gasteiger partial charge in [0.05, 0.1) is 0 Å². The van der Waals surface area contributed by atoms with Gasteiger partial charge in [-0.15, -0.1) is 0 Å². The third-order valence-electron chi connectivity index (χ3n) is 5.84. The molecule has 0 saturated carbocycles. The lowest BCUT2D eigenvalue weighted by Gasteiger charge is -2.30. The summed E-state index contributed by atoms with van der Waals surface area (Å²) in [6, 6.07) is 1.07. The van der Waals surface area contributed by atoms with Crippen LogP contribution < -0.4 is 0 Å². The third kappa shape index (κ3) is 2.82. The summed E-state index contributed by atoms with van der Waals surface area (Å²) in [6.45, 7) is 18.5. The van der Waals surface area contributed by atoms with Gasteiger partial charge in [0, 0.05) is 23.5 Å². The van der Waals surface area contributed by atoms with Crippen LogP contribution in [-0.2, 0) is 0 Å². The molecule has 0 radical (unpaired) electrons. The fourth-order valence-electron chi connectivity index (χ4n) is 4.07. The van der Waals surface area contributed by atoms with Crippen molar-refractivity contribution in [2.75, 3.05) is 7.05 Å². The second-order valence-electron chi connectivity index (χ2n) is 7.97. The molecule has 1 aliphatic heterocycles. The van der Waals surface area contributed by atoms with Crippen molar-refractivity contribution < 1.29 is 0 Å². The van der Waals surface area contributed by atoms with E-state index in [1.807, 2.05) is 0 Å². The topological polar surface area (TPSA) is 16.1 Å².